The van der Waals surface area contributed by atoms with E-state index in [9.17, 15) is 4.79 Å². The van der Waals surface area contributed by atoms with Gasteiger partial charge < -0.3 is 10.6 Å². The van der Waals surface area contributed by atoms with Gasteiger partial charge in [0.05, 0.1) is 6.04 Å². The van der Waals surface area contributed by atoms with Crippen molar-refractivity contribution in [1.82, 2.24) is 4.90 Å². The van der Waals surface area contributed by atoms with E-state index in [-0.39, 0.29) is 17.9 Å². The number of amides is 1. The van der Waals surface area contributed by atoms with Gasteiger partial charge in [0.2, 0.25) is 5.91 Å². The molecule has 3 nitrogen and oxygen atoms in total. The Morgan fingerprint density at radius 2 is 2.00 bits per heavy atom. The van der Waals surface area contributed by atoms with Gasteiger partial charge in [-0.05, 0) is 18.8 Å². The molecule has 0 spiro atoms. The van der Waals surface area contributed by atoms with E-state index >= 15 is 0 Å². The van der Waals surface area contributed by atoms with E-state index in [4.69, 9.17) is 5.73 Å². The molecule has 3 heteroatoms. The second-order valence-electron chi connectivity index (χ2n) is 3.95. The Balaban J connectivity index is 2.44. The monoisotopic (exact) mass is 170 g/mol. The molecule has 0 saturated heterocycles. The Labute approximate surface area is 73.9 Å². The minimum Gasteiger partial charge on any atom is -0.341 e. The van der Waals surface area contributed by atoms with Gasteiger partial charge in [0, 0.05) is 13.1 Å². The fourth-order valence-electron chi connectivity index (χ4n) is 1.16. The first-order chi connectivity index (χ1) is 5.54. The highest BCUT2D eigenvalue weighted by Crippen LogP contribution is 2.26. The first-order valence-corrected chi connectivity index (χ1v) is 4.56. The maximum atomic E-state index is 11.6. The van der Waals surface area contributed by atoms with Crippen LogP contribution in [0.2, 0.25) is 0 Å². The van der Waals surface area contributed by atoms with E-state index in [1.165, 1.54) is 0 Å². The van der Waals surface area contributed by atoms with Crippen LogP contribution in [0.25, 0.3) is 0 Å². The van der Waals surface area contributed by atoms with Crippen LogP contribution < -0.4 is 5.73 Å². The van der Waals surface area contributed by atoms with Crippen molar-refractivity contribution in [2.75, 3.05) is 7.05 Å². The number of carbonyl (C=O) groups excluding carboxylic acids is 1. The minimum absolute atomic E-state index is 0.0903. The second-order valence-corrected chi connectivity index (χ2v) is 3.95. The van der Waals surface area contributed by atoms with E-state index < -0.39 is 0 Å². The average Bonchev–Trinajstić information content (AvgIpc) is 2.82. The Morgan fingerprint density at radius 3 is 2.33 bits per heavy atom. The number of nitrogens with two attached hydrogens (primary N) is 1. The lowest BCUT2D eigenvalue weighted by Crippen LogP contribution is -2.45. The molecule has 1 rings (SSSR count). The summed E-state index contributed by atoms with van der Waals surface area (Å²) in [5.41, 5.74) is 5.74. The standard InChI is InChI=1S/C9H18N2O/c1-6(2)8(10)9(12)11(3)7-4-5-7/h6-8H,4-5,10H2,1-3H3/t8-/m1/s1. The zero-order valence-electron chi connectivity index (χ0n) is 8.08. The summed E-state index contributed by atoms with van der Waals surface area (Å²) in [7, 11) is 1.85. The van der Waals surface area contributed by atoms with E-state index in [2.05, 4.69) is 0 Å². The van der Waals surface area contributed by atoms with Gasteiger partial charge in [-0.15, -0.1) is 0 Å². The molecule has 0 bridgehead atoms. The SMILES string of the molecule is CC(C)[C@@H](N)C(=O)N(C)C1CC1. The summed E-state index contributed by atoms with van der Waals surface area (Å²) in [4.78, 5) is 13.4. The zero-order valence-corrected chi connectivity index (χ0v) is 8.08. The van der Waals surface area contributed by atoms with Crippen molar-refractivity contribution in [3.8, 4) is 0 Å². The Bertz CT molecular complexity index is 165. The highest BCUT2D eigenvalue weighted by Gasteiger charge is 2.32. The first-order valence-electron chi connectivity index (χ1n) is 4.56. The normalized spacial score (nSPS) is 19.4. The summed E-state index contributed by atoms with van der Waals surface area (Å²) in [6, 6.07) is 0.151. The van der Waals surface area contributed by atoms with Crippen LogP contribution in [0.1, 0.15) is 26.7 Å². The minimum atomic E-state index is -0.324. The summed E-state index contributed by atoms with van der Waals surface area (Å²) in [6.07, 6.45) is 2.29. The molecule has 0 unspecified atom stereocenters. The Hall–Kier alpha value is -0.570. The number of hydrogen-bond donors (Lipinski definition) is 1. The third-order valence-corrected chi connectivity index (χ3v) is 2.45. The molecular weight excluding hydrogens is 152 g/mol. The van der Waals surface area contributed by atoms with E-state index in [0.717, 1.165) is 12.8 Å². The third kappa shape index (κ3) is 1.97. The van der Waals surface area contributed by atoms with Gasteiger partial charge in [-0.3, -0.25) is 4.79 Å². The van der Waals surface area contributed by atoms with Crippen LogP contribution in [-0.4, -0.2) is 29.9 Å². The molecule has 0 aromatic heterocycles. The first kappa shape index (κ1) is 9.52. The maximum Gasteiger partial charge on any atom is 0.239 e. The molecule has 1 amide bonds. The number of hydrogen-bond acceptors (Lipinski definition) is 2. The molecule has 0 aromatic carbocycles. The van der Waals surface area contributed by atoms with E-state index in [0.29, 0.717) is 6.04 Å². The van der Waals surface area contributed by atoms with E-state index in [1.807, 2.05) is 20.9 Å². The maximum absolute atomic E-state index is 11.6. The van der Waals surface area contributed by atoms with Crippen LogP contribution in [0.3, 0.4) is 0 Å². The van der Waals surface area contributed by atoms with Crippen LogP contribution in [0.4, 0.5) is 0 Å². The van der Waals surface area contributed by atoms with Gasteiger partial charge in [-0.1, -0.05) is 13.8 Å². The van der Waals surface area contributed by atoms with E-state index in [1.54, 1.807) is 4.90 Å². The van der Waals surface area contributed by atoms with Gasteiger partial charge in [-0.25, -0.2) is 0 Å². The van der Waals surface area contributed by atoms with Gasteiger partial charge >= 0.3 is 0 Å². The molecule has 1 saturated carbocycles. The smallest absolute Gasteiger partial charge is 0.239 e. The molecule has 1 aliphatic carbocycles. The molecule has 1 atom stereocenters. The summed E-state index contributed by atoms with van der Waals surface area (Å²) in [6.45, 7) is 3.95. The predicted molar refractivity (Wildman–Crippen MR) is 48.6 cm³/mol. The van der Waals surface area contributed by atoms with Crippen LogP contribution >= 0.6 is 0 Å². The van der Waals surface area contributed by atoms with Crippen LogP contribution in [0, 0.1) is 5.92 Å². The highest BCUT2D eigenvalue weighted by molar-refractivity contribution is 5.82. The lowest BCUT2D eigenvalue weighted by atomic mass is 10.0. The van der Waals surface area contributed by atoms with Crippen molar-refractivity contribution in [3.05, 3.63) is 0 Å². The summed E-state index contributed by atoms with van der Waals surface area (Å²) < 4.78 is 0. The zero-order chi connectivity index (χ0) is 9.30. The fourth-order valence-corrected chi connectivity index (χ4v) is 1.16. The summed E-state index contributed by atoms with van der Waals surface area (Å²) in [5.74, 6) is 0.325. The Kier molecular flexibility index (Phi) is 2.73. The molecule has 2 N–H and O–H groups in total. The molecule has 1 fully saturated rings. The number of likely N-dealkylation sites (N-methyl/N-ethyl adjacent to an activating group) is 1. The largest absolute Gasteiger partial charge is 0.341 e. The predicted octanol–water partition coefficient (Wildman–Crippen LogP) is 0.590. The molecule has 1 aliphatic rings. The molecule has 0 radical (unpaired) electrons. The second kappa shape index (κ2) is 3.44. The van der Waals surface area contributed by atoms with Gasteiger partial charge in [0.15, 0.2) is 0 Å². The van der Waals surface area contributed by atoms with Crippen molar-refractivity contribution >= 4 is 5.91 Å². The van der Waals surface area contributed by atoms with Crippen molar-refractivity contribution < 1.29 is 4.79 Å². The van der Waals surface area contributed by atoms with Crippen molar-refractivity contribution in [2.45, 2.75) is 38.8 Å². The van der Waals surface area contributed by atoms with Gasteiger partial charge in [-0.2, -0.15) is 0 Å². The van der Waals surface area contributed by atoms with Crippen molar-refractivity contribution in [3.63, 3.8) is 0 Å². The topological polar surface area (TPSA) is 46.3 Å². The van der Waals surface area contributed by atoms with Crippen LogP contribution in [-0.2, 0) is 4.79 Å². The van der Waals surface area contributed by atoms with Gasteiger partial charge in [0.1, 0.15) is 0 Å². The van der Waals surface area contributed by atoms with Crippen molar-refractivity contribution in [1.29, 1.82) is 0 Å². The lowest BCUT2D eigenvalue weighted by molar-refractivity contribution is -0.132. The molecule has 0 aromatic rings. The van der Waals surface area contributed by atoms with Crippen LogP contribution in [0.15, 0.2) is 0 Å². The van der Waals surface area contributed by atoms with Gasteiger partial charge in [0.25, 0.3) is 0 Å². The highest BCUT2D eigenvalue weighted by atomic mass is 16.2. The third-order valence-electron chi connectivity index (χ3n) is 2.45. The van der Waals surface area contributed by atoms with Crippen molar-refractivity contribution in [2.24, 2.45) is 11.7 Å². The number of rotatable bonds is 3. The Morgan fingerprint density at radius 1 is 1.50 bits per heavy atom. The quantitative estimate of drug-likeness (QED) is 0.674. The fraction of sp³-hybridized carbons (Fsp3) is 0.889. The van der Waals surface area contributed by atoms with Crippen LogP contribution in [0.5, 0.6) is 0 Å². The molecule has 0 heterocycles. The molecule has 12 heavy (non-hydrogen) atoms. The molecule has 0 aliphatic heterocycles. The number of nitrogens with zero attached hydrogens (tertiary/aromatic N) is 1. The lowest BCUT2D eigenvalue weighted by Gasteiger charge is -2.22. The summed E-state index contributed by atoms with van der Waals surface area (Å²) >= 11 is 0. The number of carbonyl (C=O) groups is 1. The average molecular weight is 170 g/mol. The molecule has 70 valence electrons. The molecular formula is C9H18N2O. The summed E-state index contributed by atoms with van der Waals surface area (Å²) in [5, 5.41) is 0.